The highest BCUT2D eigenvalue weighted by molar-refractivity contribution is 7.99. The van der Waals surface area contributed by atoms with Crippen LogP contribution in [0.3, 0.4) is 0 Å². The predicted molar refractivity (Wildman–Crippen MR) is 95.1 cm³/mol. The fourth-order valence-corrected chi connectivity index (χ4v) is 4.66. The second-order valence-electron chi connectivity index (χ2n) is 6.67. The van der Waals surface area contributed by atoms with E-state index in [2.05, 4.69) is 50.4 Å². The summed E-state index contributed by atoms with van der Waals surface area (Å²) >= 11 is 2.04. The number of thioether (sulfide) groups is 1. The zero-order valence-electron chi connectivity index (χ0n) is 13.9. The molecule has 21 heavy (non-hydrogen) atoms. The van der Waals surface area contributed by atoms with Gasteiger partial charge in [0, 0.05) is 16.7 Å². The topological polar surface area (TPSA) is 12.0 Å². The normalized spacial score (nSPS) is 24.0. The van der Waals surface area contributed by atoms with E-state index < -0.39 is 0 Å². The molecule has 1 saturated carbocycles. The van der Waals surface area contributed by atoms with E-state index in [4.69, 9.17) is 0 Å². The Morgan fingerprint density at radius 1 is 1.29 bits per heavy atom. The molecule has 118 valence electrons. The summed E-state index contributed by atoms with van der Waals surface area (Å²) in [4.78, 5) is 1.45. The van der Waals surface area contributed by atoms with Crippen molar-refractivity contribution in [2.75, 3.05) is 12.3 Å². The van der Waals surface area contributed by atoms with Crippen LogP contribution >= 0.6 is 11.8 Å². The van der Waals surface area contributed by atoms with Gasteiger partial charge in [-0.15, -0.1) is 11.8 Å². The van der Waals surface area contributed by atoms with E-state index in [1.54, 1.807) is 0 Å². The maximum atomic E-state index is 3.83. The molecule has 1 aromatic rings. The minimum absolute atomic E-state index is 0.678. The first-order valence-electron chi connectivity index (χ1n) is 8.62. The van der Waals surface area contributed by atoms with Crippen molar-refractivity contribution >= 4 is 11.8 Å². The molecule has 1 aliphatic carbocycles. The first kappa shape index (κ1) is 16.9. The monoisotopic (exact) mass is 305 g/mol. The molecule has 0 radical (unpaired) electrons. The van der Waals surface area contributed by atoms with E-state index >= 15 is 0 Å². The number of nitrogens with one attached hydrogen (secondary N) is 1. The molecule has 0 spiro atoms. The molecule has 0 heterocycles. The maximum Gasteiger partial charge on any atom is 0.0190 e. The maximum absolute atomic E-state index is 3.83. The summed E-state index contributed by atoms with van der Waals surface area (Å²) in [6.45, 7) is 8.07. The van der Waals surface area contributed by atoms with E-state index in [0.29, 0.717) is 6.04 Å². The highest BCUT2D eigenvalue weighted by Crippen LogP contribution is 2.33. The summed E-state index contributed by atoms with van der Waals surface area (Å²) < 4.78 is 0. The Hall–Kier alpha value is -0.470. The van der Waals surface area contributed by atoms with Crippen LogP contribution in [0.15, 0.2) is 29.2 Å². The SMILES string of the molecule is CCCNC(CSc1ccccc1C)C1CCCC(C)C1. The summed E-state index contributed by atoms with van der Waals surface area (Å²) in [5, 5.41) is 3.83. The zero-order valence-corrected chi connectivity index (χ0v) is 14.7. The Balaban J connectivity index is 1.94. The number of hydrogen-bond donors (Lipinski definition) is 1. The molecule has 3 atom stereocenters. The lowest BCUT2D eigenvalue weighted by Gasteiger charge is -2.34. The minimum Gasteiger partial charge on any atom is -0.313 e. The number of aryl methyl sites for hydroxylation is 1. The van der Waals surface area contributed by atoms with E-state index in [1.165, 1.54) is 48.3 Å². The lowest BCUT2D eigenvalue weighted by molar-refractivity contribution is 0.234. The second kappa shape index (κ2) is 8.85. The molecule has 1 aliphatic rings. The van der Waals surface area contributed by atoms with Gasteiger partial charge in [-0.25, -0.2) is 0 Å². The van der Waals surface area contributed by atoms with Crippen LogP contribution in [-0.4, -0.2) is 18.3 Å². The van der Waals surface area contributed by atoms with Crippen LogP contribution in [-0.2, 0) is 0 Å². The van der Waals surface area contributed by atoms with Crippen molar-refractivity contribution in [1.82, 2.24) is 5.32 Å². The Morgan fingerprint density at radius 3 is 2.81 bits per heavy atom. The van der Waals surface area contributed by atoms with Crippen molar-refractivity contribution < 1.29 is 0 Å². The van der Waals surface area contributed by atoms with Crippen molar-refractivity contribution in [1.29, 1.82) is 0 Å². The van der Waals surface area contributed by atoms with Gasteiger partial charge in [-0.05, 0) is 56.2 Å². The van der Waals surface area contributed by atoms with Crippen molar-refractivity contribution in [2.45, 2.75) is 63.8 Å². The van der Waals surface area contributed by atoms with Crippen molar-refractivity contribution in [2.24, 2.45) is 11.8 Å². The zero-order chi connectivity index (χ0) is 15.1. The van der Waals surface area contributed by atoms with Gasteiger partial charge in [-0.1, -0.05) is 44.9 Å². The number of rotatable bonds is 7. The predicted octanol–water partition coefficient (Wildman–Crippen LogP) is 5.28. The molecule has 0 aromatic heterocycles. The summed E-state index contributed by atoms with van der Waals surface area (Å²) in [6, 6.07) is 9.46. The molecule has 1 fully saturated rings. The fraction of sp³-hybridized carbons (Fsp3) is 0.684. The van der Waals surface area contributed by atoms with Gasteiger partial charge in [0.2, 0.25) is 0 Å². The Labute approximate surface area is 135 Å². The van der Waals surface area contributed by atoms with Crippen LogP contribution in [0.25, 0.3) is 0 Å². The number of hydrogen-bond acceptors (Lipinski definition) is 2. The first-order valence-corrected chi connectivity index (χ1v) is 9.61. The highest BCUT2D eigenvalue weighted by atomic mass is 32.2. The minimum atomic E-state index is 0.678. The third-order valence-corrected chi connectivity index (χ3v) is 6.01. The molecule has 1 nitrogen and oxygen atoms in total. The average molecular weight is 306 g/mol. The van der Waals surface area contributed by atoms with Crippen molar-refractivity contribution in [3.63, 3.8) is 0 Å². The average Bonchev–Trinajstić information content (AvgIpc) is 2.49. The standard InChI is InChI=1S/C19H31NS/c1-4-12-20-18(17-10-7-8-15(2)13-17)14-21-19-11-6-5-9-16(19)3/h5-6,9,11,15,17-18,20H,4,7-8,10,12-14H2,1-3H3. The van der Waals surface area contributed by atoms with Crippen LogP contribution in [0.5, 0.6) is 0 Å². The molecule has 3 unspecified atom stereocenters. The third kappa shape index (κ3) is 5.34. The summed E-state index contributed by atoms with van der Waals surface area (Å²) in [5.74, 6) is 3.00. The molecule has 2 rings (SSSR count). The lowest BCUT2D eigenvalue weighted by Crippen LogP contribution is -2.40. The largest absolute Gasteiger partial charge is 0.313 e. The second-order valence-corrected chi connectivity index (χ2v) is 7.73. The van der Waals surface area contributed by atoms with Crippen LogP contribution in [0, 0.1) is 18.8 Å². The summed E-state index contributed by atoms with van der Waals surface area (Å²) in [6.07, 6.45) is 6.91. The van der Waals surface area contributed by atoms with E-state index in [1.807, 2.05) is 11.8 Å². The quantitative estimate of drug-likeness (QED) is 0.688. The van der Waals surface area contributed by atoms with E-state index in [9.17, 15) is 0 Å². The highest BCUT2D eigenvalue weighted by Gasteiger charge is 2.26. The van der Waals surface area contributed by atoms with Crippen LogP contribution in [0.4, 0.5) is 0 Å². The van der Waals surface area contributed by atoms with Gasteiger partial charge in [0.15, 0.2) is 0 Å². The lowest BCUT2D eigenvalue weighted by atomic mass is 9.79. The van der Waals surface area contributed by atoms with Gasteiger partial charge >= 0.3 is 0 Å². The van der Waals surface area contributed by atoms with Crippen LogP contribution in [0.1, 0.15) is 51.5 Å². The molecular formula is C19H31NS. The van der Waals surface area contributed by atoms with Crippen LogP contribution < -0.4 is 5.32 Å². The molecule has 1 N–H and O–H groups in total. The number of benzene rings is 1. The smallest absolute Gasteiger partial charge is 0.0190 e. The molecule has 0 saturated heterocycles. The fourth-order valence-electron chi connectivity index (χ4n) is 3.44. The van der Waals surface area contributed by atoms with Gasteiger partial charge in [0.05, 0.1) is 0 Å². The molecule has 1 aromatic carbocycles. The van der Waals surface area contributed by atoms with E-state index in [0.717, 1.165) is 18.4 Å². The van der Waals surface area contributed by atoms with Gasteiger partial charge in [0.1, 0.15) is 0 Å². The van der Waals surface area contributed by atoms with Crippen LogP contribution in [0.2, 0.25) is 0 Å². The molecular weight excluding hydrogens is 274 g/mol. The molecule has 0 bridgehead atoms. The molecule has 0 aliphatic heterocycles. The summed E-state index contributed by atoms with van der Waals surface area (Å²) in [5.41, 5.74) is 1.41. The molecule has 0 amide bonds. The van der Waals surface area contributed by atoms with Crippen molar-refractivity contribution in [3.05, 3.63) is 29.8 Å². The van der Waals surface area contributed by atoms with Gasteiger partial charge < -0.3 is 5.32 Å². The first-order chi connectivity index (χ1) is 10.2. The van der Waals surface area contributed by atoms with Gasteiger partial charge in [0.25, 0.3) is 0 Å². The van der Waals surface area contributed by atoms with Gasteiger partial charge in [-0.3, -0.25) is 0 Å². The Bertz CT molecular complexity index is 418. The summed E-state index contributed by atoms with van der Waals surface area (Å²) in [7, 11) is 0. The van der Waals surface area contributed by atoms with E-state index in [-0.39, 0.29) is 0 Å². The molecule has 2 heteroatoms. The Morgan fingerprint density at radius 2 is 2.10 bits per heavy atom. The third-order valence-electron chi connectivity index (χ3n) is 4.71. The van der Waals surface area contributed by atoms with Gasteiger partial charge in [-0.2, -0.15) is 0 Å². The Kier molecular flexibility index (Phi) is 7.12. The van der Waals surface area contributed by atoms with Crippen molar-refractivity contribution in [3.8, 4) is 0 Å².